The second kappa shape index (κ2) is 4.72. The summed E-state index contributed by atoms with van der Waals surface area (Å²) in [6.07, 6.45) is 2.11. The largest absolute Gasteiger partial charge is 0.459 e. The molecule has 5 nitrogen and oxygen atoms in total. The minimum Gasteiger partial charge on any atom is -0.459 e. The number of hydrogen-bond acceptors (Lipinski definition) is 4. The fourth-order valence-electron chi connectivity index (χ4n) is 2.01. The predicted molar refractivity (Wildman–Crippen MR) is 72.9 cm³/mol. The van der Waals surface area contributed by atoms with Crippen LogP contribution in [-0.4, -0.2) is 16.1 Å². The summed E-state index contributed by atoms with van der Waals surface area (Å²) in [5, 5.41) is 0. The summed E-state index contributed by atoms with van der Waals surface area (Å²) in [4.78, 5) is 23.9. The summed E-state index contributed by atoms with van der Waals surface area (Å²) in [7, 11) is 0. The number of hydrogen-bond donors (Lipinski definition) is 1. The van der Waals surface area contributed by atoms with E-state index in [2.05, 4.69) is 0 Å². The van der Waals surface area contributed by atoms with E-state index in [1.54, 1.807) is 26.8 Å². The molecule has 0 unspecified atom stereocenters. The van der Waals surface area contributed by atoms with Gasteiger partial charge in [0.15, 0.2) is 0 Å². The van der Waals surface area contributed by atoms with Gasteiger partial charge in [-0.05, 0) is 51.7 Å². The second-order valence-electron chi connectivity index (χ2n) is 5.97. The third-order valence-corrected chi connectivity index (χ3v) is 2.94. The minimum atomic E-state index is -0.555. The summed E-state index contributed by atoms with van der Waals surface area (Å²) >= 11 is 0. The standard InChI is InChI=1S/C14H20N2O3/c1-14(2,3)19-12(17)8-16-11(9-4-5-9)7-6-10(15)13(16)18/h6-7,9H,4-5,8,15H2,1-3H3. The molecule has 1 aromatic rings. The van der Waals surface area contributed by atoms with Gasteiger partial charge in [0, 0.05) is 5.69 Å². The molecule has 2 N–H and O–H groups in total. The molecule has 5 heteroatoms. The Morgan fingerprint density at radius 3 is 2.58 bits per heavy atom. The number of nitrogens with zero attached hydrogens (tertiary/aromatic N) is 1. The molecule has 1 fully saturated rings. The van der Waals surface area contributed by atoms with E-state index in [1.807, 2.05) is 6.07 Å². The first-order valence-corrected chi connectivity index (χ1v) is 6.49. The van der Waals surface area contributed by atoms with E-state index in [0.29, 0.717) is 5.92 Å². The lowest BCUT2D eigenvalue weighted by Crippen LogP contribution is -2.32. The lowest BCUT2D eigenvalue weighted by molar-refractivity contribution is -0.155. The Hall–Kier alpha value is -1.78. The number of esters is 1. The molecule has 0 aliphatic heterocycles. The molecular formula is C14H20N2O3. The summed E-state index contributed by atoms with van der Waals surface area (Å²) in [6, 6.07) is 3.44. The number of carbonyl (C=O) groups is 1. The first-order chi connectivity index (χ1) is 8.78. The van der Waals surface area contributed by atoms with Crippen molar-refractivity contribution in [3.05, 3.63) is 28.2 Å². The Morgan fingerprint density at radius 2 is 2.05 bits per heavy atom. The van der Waals surface area contributed by atoms with Crippen LogP contribution >= 0.6 is 0 Å². The van der Waals surface area contributed by atoms with Gasteiger partial charge in [-0.1, -0.05) is 0 Å². The van der Waals surface area contributed by atoms with Crippen LogP contribution in [0.15, 0.2) is 16.9 Å². The molecule has 1 saturated carbocycles. The van der Waals surface area contributed by atoms with E-state index in [1.165, 1.54) is 4.57 Å². The second-order valence-corrected chi connectivity index (χ2v) is 5.97. The van der Waals surface area contributed by atoms with Crippen LogP contribution in [-0.2, 0) is 16.1 Å². The Morgan fingerprint density at radius 1 is 1.42 bits per heavy atom. The van der Waals surface area contributed by atoms with Crippen LogP contribution in [0.1, 0.15) is 45.2 Å². The molecule has 1 aromatic heterocycles. The maximum atomic E-state index is 12.1. The van der Waals surface area contributed by atoms with Gasteiger partial charge in [0.2, 0.25) is 0 Å². The Bertz CT molecular complexity index is 551. The van der Waals surface area contributed by atoms with Crippen molar-refractivity contribution in [3.8, 4) is 0 Å². The molecule has 1 aliphatic carbocycles. The van der Waals surface area contributed by atoms with Crippen molar-refractivity contribution in [2.45, 2.75) is 51.7 Å². The molecule has 19 heavy (non-hydrogen) atoms. The lowest BCUT2D eigenvalue weighted by atomic mass is 10.2. The highest BCUT2D eigenvalue weighted by atomic mass is 16.6. The zero-order valence-corrected chi connectivity index (χ0v) is 11.6. The van der Waals surface area contributed by atoms with E-state index in [4.69, 9.17) is 10.5 Å². The monoisotopic (exact) mass is 264 g/mol. The van der Waals surface area contributed by atoms with E-state index < -0.39 is 11.6 Å². The molecule has 1 aliphatic rings. The van der Waals surface area contributed by atoms with E-state index >= 15 is 0 Å². The topological polar surface area (TPSA) is 74.3 Å². The average Bonchev–Trinajstić information content (AvgIpc) is 3.06. The molecule has 0 bridgehead atoms. The number of nitrogens with two attached hydrogens (primary N) is 1. The van der Waals surface area contributed by atoms with Gasteiger partial charge in [0.05, 0.1) is 5.69 Å². The van der Waals surface area contributed by atoms with Crippen molar-refractivity contribution in [1.29, 1.82) is 0 Å². The van der Waals surface area contributed by atoms with Crippen LogP contribution < -0.4 is 11.3 Å². The minimum absolute atomic E-state index is 0.0764. The van der Waals surface area contributed by atoms with Gasteiger partial charge < -0.3 is 10.5 Å². The van der Waals surface area contributed by atoms with Crippen molar-refractivity contribution in [1.82, 2.24) is 4.57 Å². The highest BCUT2D eigenvalue weighted by Crippen LogP contribution is 2.39. The van der Waals surface area contributed by atoms with Gasteiger partial charge >= 0.3 is 5.97 Å². The summed E-state index contributed by atoms with van der Waals surface area (Å²) in [6.45, 7) is 5.32. The van der Waals surface area contributed by atoms with E-state index in [-0.39, 0.29) is 17.8 Å². The summed E-state index contributed by atoms with van der Waals surface area (Å²) in [5.41, 5.74) is 5.80. The molecule has 1 heterocycles. The van der Waals surface area contributed by atoms with E-state index in [0.717, 1.165) is 18.5 Å². The first-order valence-electron chi connectivity index (χ1n) is 6.49. The number of nitrogen functional groups attached to an aromatic ring is 1. The summed E-state index contributed by atoms with van der Waals surface area (Å²) < 4.78 is 6.70. The van der Waals surface area contributed by atoms with Crippen LogP contribution in [0.3, 0.4) is 0 Å². The van der Waals surface area contributed by atoms with Crippen LogP contribution in [0.5, 0.6) is 0 Å². The van der Waals surface area contributed by atoms with Gasteiger partial charge in [-0.3, -0.25) is 14.2 Å². The van der Waals surface area contributed by atoms with Crippen LogP contribution in [0.25, 0.3) is 0 Å². The molecule has 0 radical (unpaired) electrons. The number of pyridine rings is 1. The number of aromatic nitrogens is 1. The smallest absolute Gasteiger partial charge is 0.326 e. The number of ether oxygens (including phenoxy) is 1. The number of anilines is 1. The summed E-state index contributed by atoms with van der Waals surface area (Å²) in [5.74, 6) is -0.0437. The highest BCUT2D eigenvalue weighted by molar-refractivity contribution is 5.70. The molecule has 0 amide bonds. The van der Waals surface area contributed by atoms with Gasteiger partial charge in [-0.2, -0.15) is 0 Å². The molecule has 0 spiro atoms. The van der Waals surface area contributed by atoms with Crippen molar-refractivity contribution in [2.24, 2.45) is 0 Å². The quantitative estimate of drug-likeness (QED) is 0.842. The van der Waals surface area contributed by atoms with Gasteiger partial charge in [0.25, 0.3) is 5.56 Å². The van der Waals surface area contributed by atoms with Gasteiger partial charge in [-0.15, -0.1) is 0 Å². The predicted octanol–water partition coefficient (Wildman–Crippen LogP) is 1.65. The SMILES string of the molecule is CC(C)(C)OC(=O)Cn1c(C2CC2)ccc(N)c1=O. The Labute approximate surface area is 112 Å². The zero-order chi connectivity index (χ0) is 14.2. The molecule has 104 valence electrons. The Kier molecular flexibility index (Phi) is 3.39. The Balaban J connectivity index is 2.26. The van der Waals surface area contributed by atoms with Crippen molar-refractivity contribution >= 4 is 11.7 Å². The van der Waals surface area contributed by atoms with E-state index in [9.17, 15) is 9.59 Å². The lowest BCUT2D eigenvalue weighted by Gasteiger charge is -2.20. The third kappa shape index (κ3) is 3.36. The average molecular weight is 264 g/mol. The fourth-order valence-corrected chi connectivity index (χ4v) is 2.01. The normalized spacial score (nSPS) is 15.3. The van der Waals surface area contributed by atoms with Crippen LogP contribution in [0.2, 0.25) is 0 Å². The molecule has 2 rings (SSSR count). The maximum absolute atomic E-state index is 12.1. The number of carbonyl (C=O) groups excluding carboxylic acids is 1. The molecular weight excluding hydrogens is 244 g/mol. The first kappa shape index (κ1) is 13.6. The van der Waals surface area contributed by atoms with Crippen LogP contribution in [0, 0.1) is 0 Å². The zero-order valence-electron chi connectivity index (χ0n) is 11.6. The molecule has 0 atom stereocenters. The third-order valence-electron chi connectivity index (χ3n) is 2.94. The van der Waals surface area contributed by atoms with Crippen molar-refractivity contribution in [2.75, 3.05) is 5.73 Å². The van der Waals surface area contributed by atoms with Crippen molar-refractivity contribution in [3.63, 3.8) is 0 Å². The molecule has 0 aromatic carbocycles. The molecule has 0 saturated heterocycles. The highest BCUT2D eigenvalue weighted by Gasteiger charge is 2.28. The van der Waals surface area contributed by atoms with Crippen molar-refractivity contribution < 1.29 is 9.53 Å². The van der Waals surface area contributed by atoms with Gasteiger partial charge in [0.1, 0.15) is 12.1 Å². The fraction of sp³-hybridized carbons (Fsp3) is 0.571. The maximum Gasteiger partial charge on any atom is 0.326 e. The van der Waals surface area contributed by atoms with Crippen LogP contribution in [0.4, 0.5) is 5.69 Å². The van der Waals surface area contributed by atoms with Gasteiger partial charge in [-0.25, -0.2) is 0 Å². The number of rotatable bonds is 3.